The number of carbonyl (C=O) groups is 5. The third-order valence-corrected chi connectivity index (χ3v) is 14.0. The number of nitrogens with one attached hydrogen (secondary N) is 4. The number of carbonyl (C=O) groups excluding carboxylic acids is 5. The van der Waals surface area contributed by atoms with Crippen molar-refractivity contribution in [2.45, 2.75) is 141 Å². The number of unbranched alkanes of at least 4 members (excludes halogenated alkanes) is 1. The van der Waals surface area contributed by atoms with Gasteiger partial charge in [-0.3, -0.25) is 19.2 Å². The highest BCUT2D eigenvalue weighted by Gasteiger charge is 2.70. The van der Waals surface area contributed by atoms with E-state index < -0.39 is 73.7 Å². The van der Waals surface area contributed by atoms with Gasteiger partial charge in [0.2, 0.25) is 17.6 Å². The van der Waals surface area contributed by atoms with Crippen molar-refractivity contribution in [3.05, 3.63) is 12.7 Å². The number of ketones is 1. The fourth-order valence-corrected chi connectivity index (χ4v) is 11.0. The Hall–Kier alpha value is -2.96. The van der Waals surface area contributed by atoms with Gasteiger partial charge >= 0.3 is 6.03 Å². The molecule has 4 N–H and O–H groups in total. The molecule has 0 spiro atoms. The zero-order valence-corrected chi connectivity index (χ0v) is 31.2. The highest BCUT2D eigenvalue weighted by Crippen LogP contribution is 2.65. The lowest BCUT2D eigenvalue weighted by Gasteiger charge is -2.45. The van der Waals surface area contributed by atoms with Gasteiger partial charge in [0.1, 0.15) is 12.1 Å². The number of amides is 5. The molecule has 2 saturated carbocycles. The van der Waals surface area contributed by atoms with Crippen LogP contribution in [-0.4, -0.2) is 90.6 Å². The molecule has 2 aliphatic carbocycles. The third-order valence-electron chi connectivity index (χ3n) is 11.6. The van der Waals surface area contributed by atoms with E-state index >= 15 is 0 Å². The van der Waals surface area contributed by atoms with Crippen molar-refractivity contribution in [2.75, 3.05) is 18.8 Å². The summed E-state index contributed by atoms with van der Waals surface area (Å²) in [6, 6.07) is -3.53. The molecule has 276 valence electrons. The van der Waals surface area contributed by atoms with Crippen LogP contribution in [0, 0.1) is 22.7 Å². The lowest BCUT2D eigenvalue weighted by molar-refractivity contribution is -0.145. The SMILES string of the molecule is C=CCNC(=O)C(=O)C(CCCC)NC(=O)[C@@H]1[C@@H]2[C@H](CN1C(=O)[C@@H](NC(=O)NC1([C@H]3CCCCS3(=O)=O)CCCCC1)C(C)(C)C)C2(C)C. The molecular weight excluding hydrogens is 646 g/mol. The van der Waals surface area contributed by atoms with E-state index in [0.717, 1.165) is 32.1 Å². The Kier molecular flexibility index (Phi) is 12.0. The van der Waals surface area contributed by atoms with E-state index in [2.05, 4.69) is 41.7 Å². The molecule has 2 saturated heterocycles. The van der Waals surface area contributed by atoms with Crippen molar-refractivity contribution in [3.8, 4) is 0 Å². The number of fused-ring (bicyclic) bond motifs is 1. The van der Waals surface area contributed by atoms with Crippen LogP contribution in [0.25, 0.3) is 0 Å². The van der Waals surface area contributed by atoms with E-state index in [1.54, 1.807) is 0 Å². The van der Waals surface area contributed by atoms with Gasteiger partial charge in [-0.05, 0) is 54.8 Å². The minimum absolute atomic E-state index is 0.0596. The molecule has 0 radical (unpaired) electrons. The summed E-state index contributed by atoms with van der Waals surface area (Å²) in [6.45, 7) is 15.6. The van der Waals surface area contributed by atoms with Crippen molar-refractivity contribution in [1.82, 2.24) is 26.2 Å². The summed E-state index contributed by atoms with van der Waals surface area (Å²) in [5, 5.41) is 10.7. The molecule has 1 unspecified atom stereocenters. The molecule has 4 fully saturated rings. The zero-order chi connectivity index (χ0) is 36.4. The van der Waals surface area contributed by atoms with Gasteiger partial charge in [-0.2, -0.15) is 0 Å². The van der Waals surface area contributed by atoms with Crippen LogP contribution in [-0.2, 0) is 29.0 Å². The maximum Gasteiger partial charge on any atom is 0.315 e. The lowest BCUT2D eigenvalue weighted by atomic mass is 9.77. The second-order valence-electron chi connectivity index (χ2n) is 16.4. The maximum absolute atomic E-state index is 14.5. The summed E-state index contributed by atoms with van der Waals surface area (Å²) in [7, 11) is -3.39. The summed E-state index contributed by atoms with van der Waals surface area (Å²) in [4.78, 5) is 69.6. The molecule has 0 aromatic heterocycles. The van der Waals surface area contributed by atoms with Gasteiger partial charge in [0.25, 0.3) is 5.91 Å². The van der Waals surface area contributed by atoms with E-state index in [1.165, 1.54) is 11.0 Å². The first kappa shape index (κ1) is 38.8. The number of rotatable bonds is 13. The van der Waals surface area contributed by atoms with Crippen LogP contribution in [0.3, 0.4) is 0 Å². The summed E-state index contributed by atoms with van der Waals surface area (Å²) < 4.78 is 26.5. The highest BCUT2D eigenvalue weighted by molar-refractivity contribution is 7.92. The number of Topliss-reactive ketones (excluding diaryl/α,β-unsaturated/α-hetero) is 1. The molecule has 0 bridgehead atoms. The number of urea groups is 1. The van der Waals surface area contributed by atoms with E-state index in [0.29, 0.717) is 38.6 Å². The fourth-order valence-electron chi connectivity index (χ4n) is 8.65. The van der Waals surface area contributed by atoms with Crippen LogP contribution in [0.4, 0.5) is 4.79 Å². The van der Waals surface area contributed by atoms with Crippen LogP contribution in [0.2, 0.25) is 0 Å². The first-order chi connectivity index (χ1) is 22.9. The molecule has 4 aliphatic rings. The van der Waals surface area contributed by atoms with Crippen molar-refractivity contribution in [2.24, 2.45) is 22.7 Å². The summed E-state index contributed by atoms with van der Waals surface area (Å²) in [5.74, 6) is -2.41. The zero-order valence-electron chi connectivity index (χ0n) is 30.4. The van der Waals surface area contributed by atoms with Gasteiger partial charge in [0, 0.05) is 13.1 Å². The Morgan fingerprint density at radius 2 is 1.67 bits per heavy atom. The number of piperidine rings is 1. The van der Waals surface area contributed by atoms with E-state index in [9.17, 15) is 32.4 Å². The van der Waals surface area contributed by atoms with Crippen LogP contribution >= 0.6 is 0 Å². The minimum atomic E-state index is -3.39. The van der Waals surface area contributed by atoms with Gasteiger partial charge in [-0.15, -0.1) is 6.58 Å². The topological polar surface area (TPSA) is 171 Å². The molecule has 49 heavy (non-hydrogen) atoms. The third kappa shape index (κ3) is 8.34. The first-order valence-electron chi connectivity index (χ1n) is 18.3. The predicted octanol–water partition coefficient (Wildman–Crippen LogP) is 3.40. The fraction of sp³-hybridized carbons (Fsp3) is 0.806. The number of likely N-dealkylation sites (tertiary alicyclic amines) is 1. The van der Waals surface area contributed by atoms with Crippen molar-refractivity contribution in [3.63, 3.8) is 0 Å². The van der Waals surface area contributed by atoms with Crippen molar-refractivity contribution < 1.29 is 32.4 Å². The van der Waals surface area contributed by atoms with E-state index in [-0.39, 0.29) is 36.0 Å². The average Bonchev–Trinajstić information content (AvgIpc) is 3.33. The Bertz CT molecular complexity index is 1400. The van der Waals surface area contributed by atoms with Gasteiger partial charge in [0.05, 0.1) is 22.6 Å². The highest BCUT2D eigenvalue weighted by atomic mass is 32.2. The number of sulfone groups is 1. The minimum Gasteiger partial charge on any atom is -0.346 e. The number of nitrogens with zero attached hydrogens (tertiary/aromatic N) is 1. The van der Waals surface area contributed by atoms with Crippen LogP contribution in [0.15, 0.2) is 12.7 Å². The average molecular weight is 706 g/mol. The van der Waals surface area contributed by atoms with E-state index in [1.807, 2.05) is 27.7 Å². The Morgan fingerprint density at radius 3 is 2.27 bits per heavy atom. The molecule has 2 heterocycles. The Labute approximate surface area is 292 Å². The number of hydrogen-bond acceptors (Lipinski definition) is 7. The van der Waals surface area contributed by atoms with Crippen LogP contribution in [0.1, 0.15) is 112 Å². The molecule has 0 aromatic rings. The molecule has 5 amide bonds. The van der Waals surface area contributed by atoms with Crippen LogP contribution < -0.4 is 21.3 Å². The van der Waals surface area contributed by atoms with E-state index in [4.69, 9.17) is 0 Å². The quantitative estimate of drug-likeness (QED) is 0.168. The number of hydrogen-bond donors (Lipinski definition) is 4. The second-order valence-corrected chi connectivity index (χ2v) is 18.7. The standard InChI is InChI=1S/C36H59N5O7S/c1-8-10-16-24(28(42)31(44)37-20-9-2)38-30(43)27-26-23(35(26,6)7)22-41(27)32(45)29(34(3,4)5)39-33(46)40-36(18-13-11-14-19-36)25-17-12-15-21-49(25,47)48/h9,23-27,29H,2,8,10-22H2,1,3-7H3,(H,37,44)(H,38,43)(H2,39,40,46)/t23-,24?,25+,26-,27-,29+/m0/s1. The van der Waals surface area contributed by atoms with Gasteiger partial charge < -0.3 is 26.2 Å². The smallest absolute Gasteiger partial charge is 0.315 e. The molecule has 2 aliphatic heterocycles. The van der Waals surface area contributed by atoms with Crippen molar-refractivity contribution >= 4 is 39.4 Å². The monoisotopic (exact) mass is 705 g/mol. The Morgan fingerprint density at radius 1 is 1.00 bits per heavy atom. The second kappa shape index (κ2) is 15.1. The predicted molar refractivity (Wildman–Crippen MR) is 188 cm³/mol. The van der Waals surface area contributed by atoms with Gasteiger partial charge in [-0.25, -0.2) is 13.2 Å². The lowest BCUT2D eigenvalue weighted by Crippen LogP contribution is -2.66. The summed E-state index contributed by atoms with van der Waals surface area (Å²) in [5.41, 5.74) is -1.85. The van der Waals surface area contributed by atoms with Crippen LogP contribution in [0.5, 0.6) is 0 Å². The maximum atomic E-state index is 14.5. The largest absolute Gasteiger partial charge is 0.346 e. The normalized spacial score (nSPS) is 27.8. The molecule has 13 heteroatoms. The summed E-state index contributed by atoms with van der Waals surface area (Å²) in [6.07, 6.45) is 8.78. The molecule has 0 aromatic carbocycles. The first-order valence-corrected chi connectivity index (χ1v) is 20.0. The van der Waals surface area contributed by atoms with Gasteiger partial charge in [0.15, 0.2) is 9.84 Å². The molecule has 4 rings (SSSR count). The Balaban J connectivity index is 1.56. The summed E-state index contributed by atoms with van der Waals surface area (Å²) >= 11 is 0. The molecular formula is C36H59N5O7S. The molecule has 6 atom stereocenters. The van der Waals surface area contributed by atoms with Crippen molar-refractivity contribution in [1.29, 1.82) is 0 Å². The van der Waals surface area contributed by atoms with Gasteiger partial charge in [-0.1, -0.05) is 86.1 Å². The molecule has 12 nitrogen and oxygen atoms in total.